The average molecular weight is 406 g/mol. The van der Waals surface area contributed by atoms with E-state index in [0.29, 0.717) is 49.2 Å². The fraction of sp³-hybridized carbons (Fsp3) is 0.550. The number of rotatable bonds is 4. The van der Waals surface area contributed by atoms with E-state index in [1.807, 2.05) is 4.90 Å². The first-order valence-corrected chi connectivity index (χ1v) is 10.1. The number of carbonyl (C=O) groups is 3. The van der Waals surface area contributed by atoms with Crippen LogP contribution in [0.15, 0.2) is 18.2 Å². The second kappa shape index (κ2) is 7.62. The van der Waals surface area contributed by atoms with E-state index in [1.165, 1.54) is 0 Å². The highest BCUT2D eigenvalue weighted by Crippen LogP contribution is 2.36. The molecule has 3 amide bonds. The molecule has 2 heterocycles. The molecule has 7 nitrogen and oxygen atoms in total. The van der Waals surface area contributed by atoms with Crippen molar-refractivity contribution in [3.05, 3.63) is 23.2 Å². The summed E-state index contributed by atoms with van der Waals surface area (Å²) in [6, 6.07) is 5.11. The Morgan fingerprint density at radius 3 is 2.21 bits per heavy atom. The highest BCUT2D eigenvalue weighted by molar-refractivity contribution is 6.31. The third-order valence-electron chi connectivity index (χ3n) is 5.74. The van der Waals surface area contributed by atoms with Crippen molar-refractivity contribution in [1.82, 2.24) is 9.80 Å². The fourth-order valence-corrected chi connectivity index (χ4v) is 4.14. The molecular formula is C20H24ClN3O4. The first-order valence-electron chi connectivity index (χ1n) is 9.69. The van der Waals surface area contributed by atoms with Crippen LogP contribution >= 0.6 is 11.6 Å². The number of piperazine rings is 1. The number of carbonyl (C=O) groups excluding carboxylic acids is 3. The van der Waals surface area contributed by atoms with Gasteiger partial charge in [-0.05, 0) is 31.0 Å². The number of nitrogens with zero attached hydrogens (tertiary/aromatic N) is 3. The summed E-state index contributed by atoms with van der Waals surface area (Å²) in [6.07, 6.45) is 2.16. The van der Waals surface area contributed by atoms with Gasteiger partial charge in [-0.15, -0.1) is 0 Å². The minimum atomic E-state index is -0.387. The first-order chi connectivity index (χ1) is 13.5. The van der Waals surface area contributed by atoms with Crippen LogP contribution < -0.4 is 9.64 Å². The maximum absolute atomic E-state index is 13.0. The Balaban J connectivity index is 1.39. The van der Waals surface area contributed by atoms with Gasteiger partial charge in [0.1, 0.15) is 5.75 Å². The Hall–Kier alpha value is -2.28. The van der Waals surface area contributed by atoms with Crippen LogP contribution in [0.3, 0.4) is 0 Å². The van der Waals surface area contributed by atoms with Crippen LogP contribution in [-0.4, -0.2) is 67.4 Å². The van der Waals surface area contributed by atoms with E-state index in [1.54, 1.807) is 35.1 Å². The lowest BCUT2D eigenvalue weighted by molar-refractivity contribution is -0.142. The molecule has 1 aromatic carbocycles. The fourth-order valence-electron chi connectivity index (χ4n) is 3.97. The summed E-state index contributed by atoms with van der Waals surface area (Å²) in [5.74, 6) is 0.468. The summed E-state index contributed by atoms with van der Waals surface area (Å²) < 4.78 is 5.35. The lowest BCUT2D eigenvalue weighted by Crippen LogP contribution is -2.52. The molecule has 0 N–H and O–H groups in total. The zero-order valence-corrected chi connectivity index (χ0v) is 16.7. The van der Waals surface area contributed by atoms with Crippen LogP contribution in [0.2, 0.25) is 5.02 Å². The Morgan fingerprint density at radius 2 is 1.64 bits per heavy atom. The zero-order chi connectivity index (χ0) is 19.8. The molecule has 0 bridgehead atoms. The molecule has 1 aliphatic carbocycles. The molecule has 2 aliphatic heterocycles. The molecule has 0 unspecified atom stereocenters. The standard InChI is InChI=1S/C20H24ClN3O4/c1-28-17-5-4-15(21)11-16(17)24-12-14(10-18(24)25)20(27)23-8-6-22(7-9-23)19(26)13-2-3-13/h4-5,11,13-14H,2-3,6-10,12H2,1H3/t14-/m1/s1. The van der Waals surface area contributed by atoms with Crippen LogP contribution in [0.1, 0.15) is 19.3 Å². The van der Waals surface area contributed by atoms with Crippen molar-refractivity contribution in [1.29, 1.82) is 0 Å². The van der Waals surface area contributed by atoms with E-state index in [-0.39, 0.29) is 36.0 Å². The summed E-state index contributed by atoms with van der Waals surface area (Å²) in [7, 11) is 1.54. The van der Waals surface area contributed by atoms with Crippen LogP contribution in [0.5, 0.6) is 5.75 Å². The maximum Gasteiger partial charge on any atom is 0.228 e. The molecule has 1 saturated carbocycles. The molecule has 4 rings (SSSR count). The van der Waals surface area contributed by atoms with Gasteiger partial charge in [0.15, 0.2) is 0 Å². The largest absolute Gasteiger partial charge is 0.495 e. The second-order valence-corrected chi connectivity index (χ2v) is 8.08. The molecule has 0 radical (unpaired) electrons. The topological polar surface area (TPSA) is 70.2 Å². The minimum Gasteiger partial charge on any atom is -0.495 e. The van der Waals surface area contributed by atoms with E-state index in [0.717, 1.165) is 12.8 Å². The zero-order valence-electron chi connectivity index (χ0n) is 15.9. The Kier molecular flexibility index (Phi) is 5.19. The number of hydrogen-bond acceptors (Lipinski definition) is 4. The van der Waals surface area contributed by atoms with Crippen molar-refractivity contribution in [2.24, 2.45) is 11.8 Å². The van der Waals surface area contributed by atoms with Gasteiger partial charge in [-0.1, -0.05) is 11.6 Å². The quantitative estimate of drug-likeness (QED) is 0.765. The molecule has 28 heavy (non-hydrogen) atoms. The van der Waals surface area contributed by atoms with E-state index >= 15 is 0 Å². The van der Waals surface area contributed by atoms with Crippen LogP contribution in [0, 0.1) is 11.8 Å². The third kappa shape index (κ3) is 3.68. The van der Waals surface area contributed by atoms with Gasteiger partial charge in [0.05, 0.1) is 18.7 Å². The van der Waals surface area contributed by atoms with E-state index in [2.05, 4.69) is 0 Å². The number of amides is 3. The SMILES string of the molecule is COc1ccc(Cl)cc1N1C[C@H](C(=O)N2CCN(C(=O)C3CC3)CC2)CC1=O. The molecule has 0 aromatic heterocycles. The highest BCUT2D eigenvalue weighted by atomic mass is 35.5. The number of anilines is 1. The predicted molar refractivity (Wildman–Crippen MR) is 104 cm³/mol. The maximum atomic E-state index is 13.0. The molecular weight excluding hydrogens is 382 g/mol. The lowest BCUT2D eigenvalue weighted by Gasteiger charge is -2.36. The van der Waals surface area contributed by atoms with Gasteiger partial charge < -0.3 is 19.4 Å². The second-order valence-electron chi connectivity index (χ2n) is 7.65. The summed E-state index contributed by atoms with van der Waals surface area (Å²) in [5.41, 5.74) is 0.593. The van der Waals surface area contributed by atoms with Crippen LogP contribution in [0.4, 0.5) is 5.69 Å². The van der Waals surface area contributed by atoms with Crippen molar-refractivity contribution in [2.75, 3.05) is 44.7 Å². The van der Waals surface area contributed by atoms with Gasteiger partial charge in [-0.3, -0.25) is 14.4 Å². The molecule has 1 aromatic rings. The smallest absolute Gasteiger partial charge is 0.228 e. The van der Waals surface area contributed by atoms with E-state index in [9.17, 15) is 14.4 Å². The molecule has 1 atom stereocenters. The van der Waals surface area contributed by atoms with Gasteiger partial charge >= 0.3 is 0 Å². The van der Waals surface area contributed by atoms with Crippen LogP contribution in [-0.2, 0) is 14.4 Å². The van der Waals surface area contributed by atoms with Crippen LogP contribution in [0.25, 0.3) is 0 Å². The Labute approximate surface area is 169 Å². The first kappa shape index (κ1) is 19.1. The molecule has 8 heteroatoms. The summed E-state index contributed by atoms with van der Waals surface area (Å²) in [4.78, 5) is 42.9. The van der Waals surface area contributed by atoms with Gasteiger partial charge in [-0.2, -0.15) is 0 Å². The number of benzene rings is 1. The molecule has 0 spiro atoms. The van der Waals surface area contributed by atoms with Gasteiger partial charge in [0.25, 0.3) is 0 Å². The van der Waals surface area contributed by atoms with Crippen molar-refractivity contribution in [2.45, 2.75) is 19.3 Å². The van der Waals surface area contributed by atoms with Crippen molar-refractivity contribution < 1.29 is 19.1 Å². The lowest BCUT2D eigenvalue weighted by atomic mass is 10.1. The Bertz CT molecular complexity index is 803. The molecule has 150 valence electrons. The minimum absolute atomic E-state index is 0.0182. The van der Waals surface area contributed by atoms with E-state index in [4.69, 9.17) is 16.3 Å². The summed E-state index contributed by atoms with van der Waals surface area (Å²) in [5, 5.41) is 0.509. The van der Waals surface area contributed by atoms with E-state index < -0.39 is 0 Å². The summed E-state index contributed by atoms with van der Waals surface area (Å²) in [6.45, 7) is 2.53. The normalized spacial score (nSPS) is 22.6. The van der Waals surface area contributed by atoms with Gasteiger partial charge in [0.2, 0.25) is 17.7 Å². The van der Waals surface area contributed by atoms with Crippen molar-refractivity contribution in [3.8, 4) is 5.75 Å². The highest BCUT2D eigenvalue weighted by Gasteiger charge is 2.40. The molecule has 3 fully saturated rings. The van der Waals surface area contributed by atoms with Gasteiger partial charge in [0, 0.05) is 50.1 Å². The number of halogens is 1. The number of methoxy groups -OCH3 is 1. The predicted octanol–water partition coefficient (Wildman–Crippen LogP) is 1.78. The third-order valence-corrected chi connectivity index (χ3v) is 5.97. The van der Waals surface area contributed by atoms with Gasteiger partial charge in [-0.25, -0.2) is 0 Å². The molecule has 2 saturated heterocycles. The number of ether oxygens (including phenoxy) is 1. The Morgan fingerprint density at radius 1 is 1.04 bits per heavy atom. The molecule has 3 aliphatic rings. The summed E-state index contributed by atoms with van der Waals surface area (Å²) >= 11 is 6.09. The number of hydrogen-bond donors (Lipinski definition) is 0. The average Bonchev–Trinajstić information content (AvgIpc) is 3.49. The monoisotopic (exact) mass is 405 g/mol. The van der Waals surface area contributed by atoms with Crippen molar-refractivity contribution >= 4 is 35.0 Å². The van der Waals surface area contributed by atoms with Crippen molar-refractivity contribution in [3.63, 3.8) is 0 Å².